The van der Waals surface area contributed by atoms with Crippen molar-refractivity contribution in [1.82, 2.24) is 9.80 Å². The summed E-state index contributed by atoms with van der Waals surface area (Å²) in [5, 5.41) is 0. The third-order valence-corrected chi connectivity index (χ3v) is 5.74. The molecule has 25 heavy (non-hydrogen) atoms. The number of carbonyl (C=O) groups is 2. The second-order valence-corrected chi connectivity index (χ2v) is 7.60. The van der Waals surface area contributed by atoms with Crippen molar-refractivity contribution < 1.29 is 9.59 Å². The summed E-state index contributed by atoms with van der Waals surface area (Å²) < 4.78 is 0. The molecule has 1 unspecified atom stereocenters. The van der Waals surface area contributed by atoms with Crippen LogP contribution in [0.2, 0.25) is 0 Å². The molecule has 3 rings (SSSR count). The normalized spacial score (nSPS) is 22.5. The maximum Gasteiger partial charge on any atom is 0.239 e. The number of aryl methyl sites for hydroxylation is 2. The lowest BCUT2D eigenvalue weighted by atomic mass is 10.0. The van der Waals surface area contributed by atoms with Crippen LogP contribution in [0.5, 0.6) is 0 Å². The lowest BCUT2D eigenvalue weighted by Crippen LogP contribution is -2.47. The zero-order valence-corrected chi connectivity index (χ0v) is 15.8. The molecule has 1 aromatic rings. The monoisotopic (exact) mass is 343 g/mol. The van der Waals surface area contributed by atoms with Crippen molar-refractivity contribution in [3.05, 3.63) is 29.3 Å². The lowest BCUT2D eigenvalue weighted by molar-refractivity contribution is -0.141. The van der Waals surface area contributed by atoms with E-state index in [1.807, 2.05) is 37.9 Å². The molecule has 2 heterocycles. The van der Waals surface area contributed by atoms with Gasteiger partial charge in [0.15, 0.2) is 0 Å². The minimum Gasteiger partial charge on any atom is -0.342 e. The summed E-state index contributed by atoms with van der Waals surface area (Å²) in [6, 6.07) is 6.39. The number of piperidine rings is 1. The number of rotatable bonds is 3. The molecule has 0 radical (unpaired) electrons. The molecular formula is C20H29N3O2. The summed E-state index contributed by atoms with van der Waals surface area (Å²) in [6.45, 7) is 6.69. The summed E-state index contributed by atoms with van der Waals surface area (Å²) in [5.41, 5.74) is 3.16. The van der Waals surface area contributed by atoms with Crippen LogP contribution in [0.25, 0.3) is 0 Å². The number of likely N-dealkylation sites (tertiary alicyclic amines) is 1. The van der Waals surface area contributed by atoms with Crippen LogP contribution in [0.1, 0.15) is 30.4 Å². The van der Waals surface area contributed by atoms with Gasteiger partial charge in [-0.15, -0.1) is 0 Å². The number of anilines is 1. The first kappa shape index (κ1) is 17.9. The summed E-state index contributed by atoms with van der Waals surface area (Å²) in [7, 11) is 3.98. The molecule has 5 heteroatoms. The van der Waals surface area contributed by atoms with Crippen LogP contribution in [0.4, 0.5) is 5.69 Å². The molecule has 5 nitrogen and oxygen atoms in total. The third-order valence-electron chi connectivity index (χ3n) is 5.74. The van der Waals surface area contributed by atoms with Crippen LogP contribution in [0.15, 0.2) is 18.2 Å². The number of hydrogen-bond acceptors (Lipinski definition) is 3. The van der Waals surface area contributed by atoms with Gasteiger partial charge in [0.1, 0.15) is 5.92 Å². The van der Waals surface area contributed by atoms with Crippen LogP contribution in [-0.4, -0.2) is 61.4 Å². The van der Waals surface area contributed by atoms with Crippen molar-refractivity contribution in [2.45, 2.75) is 39.2 Å². The summed E-state index contributed by atoms with van der Waals surface area (Å²) >= 11 is 0. The molecule has 0 saturated carbocycles. The van der Waals surface area contributed by atoms with Crippen molar-refractivity contribution in [2.24, 2.45) is 5.92 Å². The maximum absolute atomic E-state index is 12.9. The molecule has 2 fully saturated rings. The average Bonchev–Trinajstić information content (AvgIpc) is 2.98. The van der Waals surface area contributed by atoms with Gasteiger partial charge in [-0.3, -0.25) is 9.59 Å². The Kier molecular flexibility index (Phi) is 5.13. The Hall–Kier alpha value is -1.88. The molecule has 2 aliphatic heterocycles. The van der Waals surface area contributed by atoms with Gasteiger partial charge in [0.25, 0.3) is 0 Å². The van der Waals surface area contributed by atoms with Gasteiger partial charge in [-0.25, -0.2) is 0 Å². The first-order valence-corrected chi connectivity index (χ1v) is 9.22. The molecule has 2 aliphatic rings. The van der Waals surface area contributed by atoms with E-state index in [-0.39, 0.29) is 17.9 Å². The molecule has 2 saturated heterocycles. The highest BCUT2D eigenvalue weighted by atomic mass is 16.2. The summed E-state index contributed by atoms with van der Waals surface area (Å²) in [4.78, 5) is 31.8. The highest BCUT2D eigenvalue weighted by Crippen LogP contribution is 2.30. The molecule has 136 valence electrons. The molecule has 0 N–H and O–H groups in total. The summed E-state index contributed by atoms with van der Waals surface area (Å²) in [5.74, 6) is -0.574. The Morgan fingerprint density at radius 1 is 1.12 bits per heavy atom. The van der Waals surface area contributed by atoms with Crippen molar-refractivity contribution in [2.75, 3.05) is 38.6 Å². The molecule has 0 spiro atoms. The van der Waals surface area contributed by atoms with Gasteiger partial charge < -0.3 is 14.7 Å². The van der Waals surface area contributed by atoms with Crippen molar-refractivity contribution in [1.29, 1.82) is 0 Å². The van der Waals surface area contributed by atoms with Crippen LogP contribution in [0.3, 0.4) is 0 Å². The fraction of sp³-hybridized carbons (Fsp3) is 0.600. The number of benzene rings is 1. The second kappa shape index (κ2) is 7.16. The zero-order valence-electron chi connectivity index (χ0n) is 15.8. The highest BCUT2D eigenvalue weighted by molar-refractivity contribution is 6.10. The predicted molar refractivity (Wildman–Crippen MR) is 99.7 cm³/mol. The van der Waals surface area contributed by atoms with E-state index < -0.39 is 5.92 Å². The Morgan fingerprint density at radius 3 is 2.48 bits per heavy atom. The third kappa shape index (κ3) is 3.56. The Balaban J connectivity index is 1.71. The van der Waals surface area contributed by atoms with Crippen LogP contribution in [-0.2, 0) is 9.59 Å². The molecule has 0 aromatic heterocycles. The zero-order chi connectivity index (χ0) is 18.1. The Morgan fingerprint density at radius 2 is 1.80 bits per heavy atom. The van der Waals surface area contributed by atoms with Crippen LogP contribution in [0, 0.1) is 19.8 Å². The topological polar surface area (TPSA) is 43.9 Å². The number of nitrogens with zero attached hydrogens (tertiary/aromatic N) is 3. The number of amides is 2. The van der Waals surface area contributed by atoms with E-state index in [9.17, 15) is 9.59 Å². The predicted octanol–water partition coefficient (Wildman–Crippen LogP) is 2.21. The van der Waals surface area contributed by atoms with E-state index in [1.165, 1.54) is 0 Å². The van der Waals surface area contributed by atoms with Gasteiger partial charge in [-0.1, -0.05) is 12.1 Å². The minimum absolute atomic E-state index is 0.00707. The van der Waals surface area contributed by atoms with Gasteiger partial charge in [-0.05, 0) is 70.4 Å². The van der Waals surface area contributed by atoms with Crippen LogP contribution >= 0.6 is 0 Å². The fourth-order valence-corrected chi connectivity index (χ4v) is 3.97. The molecule has 0 aliphatic carbocycles. The van der Waals surface area contributed by atoms with Crippen molar-refractivity contribution >= 4 is 17.5 Å². The molecule has 0 bridgehead atoms. The van der Waals surface area contributed by atoms with E-state index in [4.69, 9.17) is 0 Å². The smallest absolute Gasteiger partial charge is 0.239 e. The SMILES string of the molecule is Cc1ccc(C)c(N2CCC(C(=O)N(C)C3CCN(C)CC3)C2=O)c1. The van der Waals surface area contributed by atoms with Gasteiger partial charge in [0.2, 0.25) is 11.8 Å². The number of hydrogen-bond donors (Lipinski definition) is 0. The number of carbonyl (C=O) groups excluding carboxylic acids is 2. The van der Waals surface area contributed by atoms with E-state index in [1.54, 1.807) is 4.90 Å². The van der Waals surface area contributed by atoms with E-state index in [0.29, 0.717) is 13.0 Å². The average molecular weight is 343 g/mol. The van der Waals surface area contributed by atoms with Gasteiger partial charge in [-0.2, -0.15) is 0 Å². The fourth-order valence-electron chi connectivity index (χ4n) is 3.97. The van der Waals surface area contributed by atoms with Crippen molar-refractivity contribution in [3.8, 4) is 0 Å². The van der Waals surface area contributed by atoms with Crippen molar-refractivity contribution in [3.63, 3.8) is 0 Å². The highest BCUT2D eigenvalue weighted by Gasteiger charge is 2.40. The maximum atomic E-state index is 12.9. The Labute approximate surface area is 150 Å². The molecule has 1 aromatic carbocycles. The van der Waals surface area contributed by atoms with Gasteiger partial charge in [0.05, 0.1) is 0 Å². The molecular weight excluding hydrogens is 314 g/mol. The minimum atomic E-state index is -0.524. The standard InChI is InChI=1S/C20H29N3O2/c1-14-5-6-15(2)18(13-14)23-12-9-17(20(23)25)19(24)22(4)16-7-10-21(3)11-8-16/h5-6,13,16-17H,7-12H2,1-4H3. The quantitative estimate of drug-likeness (QED) is 0.791. The first-order chi connectivity index (χ1) is 11.9. The van der Waals surface area contributed by atoms with E-state index in [0.717, 1.165) is 42.7 Å². The second-order valence-electron chi connectivity index (χ2n) is 7.60. The van der Waals surface area contributed by atoms with E-state index >= 15 is 0 Å². The van der Waals surface area contributed by atoms with Gasteiger partial charge >= 0.3 is 0 Å². The first-order valence-electron chi connectivity index (χ1n) is 9.22. The Bertz CT molecular complexity index is 665. The largest absolute Gasteiger partial charge is 0.342 e. The molecule has 1 atom stereocenters. The van der Waals surface area contributed by atoms with Gasteiger partial charge in [0, 0.05) is 25.3 Å². The van der Waals surface area contributed by atoms with Crippen LogP contribution < -0.4 is 4.90 Å². The molecule has 2 amide bonds. The summed E-state index contributed by atoms with van der Waals surface area (Å²) in [6.07, 6.45) is 2.59. The van der Waals surface area contributed by atoms with E-state index in [2.05, 4.69) is 18.0 Å². The lowest BCUT2D eigenvalue weighted by Gasteiger charge is -2.36.